The van der Waals surface area contributed by atoms with Gasteiger partial charge in [-0.1, -0.05) is 6.07 Å². The third-order valence-electron chi connectivity index (χ3n) is 3.22. The molecule has 1 atom stereocenters. The molecule has 0 saturated carbocycles. The zero-order valence-corrected chi connectivity index (χ0v) is 14.8. The average Bonchev–Trinajstić information content (AvgIpc) is 2.58. The molecule has 0 fully saturated rings. The smallest absolute Gasteiger partial charge is 0.326 e. The number of rotatable bonds is 11. The Balaban J connectivity index is 2.88. The van der Waals surface area contributed by atoms with Crippen molar-refractivity contribution in [2.24, 2.45) is 0 Å². The van der Waals surface area contributed by atoms with E-state index in [9.17, 15) is 18.0 Å². The third-order valence-corrected chi connectivity index (χ3v) is 4.68. The van der Waals surface area contributed by atoms with Gasteiger partial charge in [0.1, 0.15) is 6.04 Å². The number of sulfonamides is 1. The number of carboxylic acids is 1. The SMILES string of the molecule is COCCNS(=O)(=O)c1cccc(C(=O)NC(CCOC)C(=O)O)c1. The first kappa shape index (κ1) is 21.0. The highest BCUT2D eigenvalue weighted by molar-refractivity contribution is 7.89. The summed E-state index contributed by atoms with van der Waals surface area (Å²) in [6.45, 7) is 0.460. The monoisotopic (exact) mass is 374 g/mol. The second-order valence-electron chi connectivity index (χ2n) is 5.06. The van der Waals surface area contributed by atoms with Crippen molar-refractivity contribution in [2.75, 3.05) is 34.0 Å². The summed E-state index contributed by atoms with van der Waals surface area (Å²) >= 11 is 0. The fourth-order valence-electron chi connectivity index (χ4n) is 1.90. The first-order valence-corrected chi connectivity index (χ1v) is 8.91. The molecule has 0 bridgehead atoms. The molecule has 0 saturated heterocycles. The van der Waals surface area contributed by atoms with Crippen LogP contribution in [-0.2, 0) is 24.3 Å². The van der Waals surface area contributed by atoms with Gasteiger partial charge < -0.3 is 19.9 Å². The highest BCUT2D eigenvalue weighted by Gasteiger charge is 2.21. The Kier molecular flexibility index (Phi) is 8.49. The molecule has 9 nitrogen and oxygen atoms in total. The van der Waals surface area contributed by atoms with Gasteiger partial charge in [0, 0.05) is 39.4 Å². The normalized spacial score (nSPS) is 12.6. The number of hydrogen-bond donors (Lipinski definition) is 3. The minimum Gasteiger partial charge on any atom is -0.480 e. The maximum atomic E-state index is 12.2. The highest BCUT2D eigenvalue weighted by Crippen LogP contribution is 2.12. The first-order chi connectivity index (χ1) is 11.8. The molecular weight excluding hydrogens is 352 g/mol. The number of hydrogen-bond acceptors (Lipinski definition) is 6. The van der Waals surface area contributed by atoms with Crippen molar-refractivity contribution in [1.29, 1.82) is 0 Å². The predicted octanol–water partition coefficient (Wildman–Crippen LogP) is -0.169. The van der Waals surface area contributed by atoms with Crippen molar-refractivity contribution >= 4 is 21.9 Å². The zero-order valence-electron chi connectivity index (χ0n) is 14.0. The molecule has 140 valence electrons. The van der Waals surface area contributed by atoms with Crippen molar-refractivity contribution in [1.82, 2.24) is 10.0 Å². The number of aliphatic carboxylic acids is 1. The maximum absolute atomic E-state index is 12.2. The third kappa shape index (κ3) is 6.78. The van der Waals surface area contributed by atoms with Crippen LogP contribution in [0.4, 0.5) is 0 Å². The molecule has 0 aliphatic rings. The lowest BCUT2D eigenvalue weighted by Crippen LogP contribution is -2.41. The molecule has 0 aliphatic carbocycles. The van der Waals surface area contributed by atoms with Gasteiger partial charge in [-0.25, -0.2) is 17.9 Å². The van der Waals surface area contributed by atoms with Crippen molar-refractivity contribution in [3.8, 4) is 0 Å². The topological polar surface area (TPSA) is 131 Å². The van der Waals surface area contributed by atoms with Crippen molar-refractivity contribution in [2.45, 2.75) is 17.4 Å². The lowest BCUT2D eigenvalue weighted by molar-refractivity contribution is -0.139. The molecule has 0 spiro atoms. The Morgan fingerprint density at radius 3 is 2.48 bits per heavy atom. The summed E-state index contributed by atoms with van der Waals surface area (Å²) in [5.41, 5.74) is 0.0401. The van der Waals surface area contributed by atoms with Crippen molar-refractivity contribution in [3.63, 3.8) is 0 Å². The van der Waals surface area contributed by atoms with Gasteiger partial charge in [-0.3, -0.25) is 4.79 Å². The number of methoxy groups -OCH3 is 2. The van der Waals surface area contributed by atoms with Crippen molar-refractivity contribution in [3.05, 3.63) is 29.8 Å². The van der Waals surface area contributed by atoms with Crippen LogP contribution in [0.2, 0.25) is 0 Å². The fourth-order valence-corrected chi connectivity index (χ4v) is 2.96. The van der Waals surface area contributed by atoms with Gasteiger partial charge in [-0.2, -0.15) is 0 Å². The fraction of sp³-hybridized carbons (Fsp3) is 0.467. The van der Waals surface area contributed by atoms with E-state index in [-0.39, 0.29) is 36.6 Å². The van der Waals surface area contributed by atoms with Crippen LogP contribution >= 0.6 is 0 Å². The summed E-state index contributed by atoms with van der Waals surface area (Å²) in [7, 11) is -0.925. The van der Waals surface area contributed by atoms with Crippen molar-refractivity contribution < 1.29 is 32.6 Å². The molecule has 0 radical (unpaired) electrons. The van der Waals surface area contributed by atoms with E-state index in [1.807, 2.05) is 0 Å². The summed E-state index contributed by atoms with van der Waals surface area (Å²) in [5, 5.41) is 11.5. The molecule has 25 heavy (non-hydrogen) atoms. The Morgan fingerprint density at radius 2 is 1.88 bits per heavy atom. The molecule has 0 aromatic heterocycles. The van der Waals surface area contributed by atoms with Gasteiger partial charge in [-0.05, 0) is 18.2 Å². The molecule has 1 amide bonds. The summed E-state index contributed by atoms with van der Waals surface area (Å²) < 4.78 is 36.2. The van der Waals surface area contributed by atoms with E-state index in [2.05, 4.69) is 10.0 Å². The lowest BCUT2D eigenvalue weighted by Gasteiger charge is -2.14. The Labute approximate surface area is 146 Å². The van der Waals surface area contributed by atoms with E-state index >= 15 is 0 Å². The molecule has 0 heterocycles. The predicted molar refractivity (Wildman–Crippen MR) is 88.9 cm³/mol. The Hall–Kier alpha value is -2.01. The summed E-state index contributed by atoms with van der Waals surface area (Å²) in [5.74, 6) is -1.88. The molecule has 10 heteroatoms. The highest BCUT2D eigenvalue weighted by atomic mass is 32.2. The van der Waals surface area contributed by atoms with Gasteiger partial charge in [0.05, 0.1) is 11.5 Å². The van der Waals surface area contributed by atoms with Crippen LogP contribution in [0.25, 0.3) is 0 Å². The number of ether oxygens (including phenoxy) is 2. The van der Waals surface area contributed by atoms with Gasteiger partial charge >= 0.3 is 5.97 Å². The van der Waals surface area contributed by atoms with E-state index in [1.54, 1.807) is 0 Å². The van der Waals surface area contributed by atoms with E-state index < -0.39 is 27.9 Å². The standard InChI is InChI=1S/C15H22N2O7S/c1-23-8-6-13(15(19)20)17-14(18)11-4-3-5-12(10-11)25(21,22)16-7-9-24-2/h3-5,10,13,16H,6-9H2,1-2H3,(H,17,18)(H,19,20). The van der Waals surface area contributed by atoms with E-state index in [0.29, 0.717) is 0 Å². The van der Waals surface area contributed by atoms with Gasteiger partial charge in [-0.15, -0.1) is 0 Å². The Morgan fingerprint density at radius 1 is 1.20 bits per heavy atom. The summed E-state index contributed by atoms with van der Waals surface area (Å²) in [6.07, 6.45) is 0.0914. The van der Waals surface area contributed by atoms with Crippen LogP contribution in [0, 0.1) is 0 Å². The quantitative estimate of drug-likeness (QED) is 0.458. The van der Waals surface area contributed by atoms with Crippen LogP contribution in [-0.4, -0.2) is 65.4 Å². The number of carbonyl (C=O) groups excluding carboxylic acids is 1. The van der Waals surface area contributed by atoms with E-state index in [4.69, 9.17) is 14.6 Å². The zero-order chi connectivity index (χ0) is 18.9. The number of carboxylic acid groups (broad SMARTS) is 1. The summed E-state index contributed by atoms with van der Waals surface area (Å²) in [6, 6.07) is 4.20. The largest absolute Gasteiger partial charge is 0.480 e. The second-order valence-corrected chi connectivity index (χ2v) is 6.83. The second kappa shape index (κ2) is 10.1. The van der Waals surface area contributed by atoms with Gasteiger partial charge in [0.15, 0.2) is 0 Å². The molecular formula is C15H22N2O7S. The average molecular weight is 374 g/mol. The van der Waals surface area contributed by atoms with Crippen LogP contribution in [0.15, 0.2) is 29.2 Å². The van der Waals surface area contributed by atoms with Crippen LogP contribution in [0.5, 0.6) is 0 Å². The van der Waals surface area contributed by atoms with Crippen LogP contribution < -0.4 is 10.0 Å². The van der Waals surface area contributed by atoms with Crippen LogP contribution in [0.3, 0.4) is 0 Å². The molecule has 1 unspecified atom stereocenters. The number of amides is 1. The minimum atomic E-state index is -3.79. The lowest BCUT2D eigenvalue weighted by atomic mass is 10.1. The van der Waals surface area contributed by atoms with E-state index in [0.717, 1.165) is 0 Å². The number of carbonyl (C=O) groups is 2. The number of benzene rings is 1. The molecule has 1 aromatic carbocycles. The number of nitrogens with one attached hydrogen (secondary N) is 2. The first-order valence-electron chi connectivity index (χ1n) is 7.43. The maximum Gasteiger partial charge on any atom is 0.326 e. The van der Waals surface area contributed by atoms with E-state index in [1.165, 1.54) is 38.5 Å². The molecule has 0 aliphatic heterocycles. The van der Waals surface area contributed by atoms with Gasteiger partial charge in [0.2, 0.25) is 10.0 Å². The molecule has 1 rings (SSSR count). The Bertz CT molecular complexity index is 691. The van der Waals surface area contributed by atoms with Gasteiger partial charge in [0.25, 0.3) is 5.91 Å². The molecule has 3 N–H and O–H groups in total. The summed E-state index contributed by atoms with van der Waals surface area (Å²) in [4.78, 5) is 23.3. The molecule has 1 aromatic rings. The minimum absolute atomic E-state index is 0.0401. The van der Waals surface area contributed by atoms with Crippen LogP contribution in [0.1, 0.15) is 16.8 Å².